The predicted octanol–water partition coefficient (Wildman–Crippen LogP) is 3.07. The number of amides is 1. The molecule has 2 atom stereocenters. The van der Waals surface area contributed by atoms with E-state index in [1.165, 1.54) is 5.56 Å². The average Bonchev–Trinajstić information content (AvgIpc) is 2.80. The summed E-state index contributed by atoms with van der Waals surface area (Å²) >= 11 is 3.46. The number of rotatable bonds is 6. The highest BCUT2D eigenvalue weighted by molar-refractivity contribution is 9.10. The monoisotopic (exact) mass is 338 g/mol. The molecule has 2 unspecified atom stereocenters. The first-order valence-electron chi connectivity index (χ1n) is 7.39. The molecule has 1 aliphatic heterocycles. The molecule has 0 spiro atoms. The summed E-state index contributed by atoms with van der Waals surface area (Å²) in [6.45, 7) is 7.99. The van der Waals surface area contributed by atoms with Crippen molar-refractivity contribution in [3.63, 3.8) is 0 Å². The lowest BCUT2D eigenvalue weighted by molar-refractivity contribution is -0.127. The SMILES string of the molecule is CCN(CC)C(CN1CCC(Br)C1=O)c1ccccc1. The number of likely N-dealkylation sites (N-methyl/N-ethyl adjacent to an activating group) is 1. The first-order valence-corrected chi connectivity index (χ1v) is 8.30. The molecule has 1 heterocycles. The van der Waals surface area contributed by atoms with E-state index in [0.29, 0.717) is 0 Å². The predicted molar refractivity (Wildman–Crippen MR) is 86.0 cm³/mol. The fourth-order valence-electron chi connectivity index (χ4n) is 2.86. The van der Waals surface area contributed by atoms with Gasteiger partial charge >= 0.3 is 0 Å². The van der Waals surface area contributed by atoms with Crippen LogP contribution in [-0.2, 0) is 4.79 Å². The number of carbonyl (C=O) groups excluding carboxylic acids is 1. The quantitative estimate of drug-likeness (QED) is 0.744. The smallest absolute Gasteiger partial charge is 0.236 e. The summed E-state index contributed by atoms with van der Waals surface area (Å²) < 4.78 is 0. The van der Waals surface area contributed by atoms with Gasteiger partial charge in [-0.15, -0.1) is 0 Å². The lowest BCUT2D eigenvalue weighted by atomic mass is 10.0. The van der Waals surface area contributed by atoms with Crippen molar-refractivity contribution < 1.29 is 4.79 Å². The molecule has 0 bridgehead atoms. The van der Waals surface area contributed by atoms with Crippen molar-refractivity contribution in [1.29, 1.82) is 0 Å². The Balaban J connectivity index is 2.17. The summed E-state index contributed by atoms with van der Waals surface area (Å²) in [5, 5.41) is 0. The second-order valence-corrected chi connectivity index (χ2v) is 6.29. The van der Waals surface area contributed by atoms with E-state index in [4.69, 9.17) is 0 Å². The van der Waals surface area contributed by atoms with Crippen LogP contribution in [0.2, 0.25) is 0 Å². The van der Waals surface area contributed by atoms with Crippen LogP contribution >= 0.6 is 15.9 Å². The average molecular weight is 339 g/mol. The molecule has 0 N–H and O–H groups in total. The Morgan fingerprint density at radius 3 is 2.45 bits per heavy atom. The first-order chi connectivity index (χ1) is 9.67. The van der Waals surface area contributed by atoms with Crippen LogP contribution in [0.3, 0.4) is 0 Å². The summed E-state index contributed by atoms with van der Waals surface area (Å²) in [7, 11) is 0. The van der Waals surface area contributed by atoms with Gasteiger partial charge in [0.15, 0.2) is 0 Å². The minimum Gasteiger partial charge on any atom is -0.340 e. The third kappa shape index (κ3) is 3.41. The Morgan fingerprint density at radius 1 is 1.30 bits per heavy atom. The zero-order chi connectivity index (χ0) is 14.5. The zero-order valence-electron chi connectivity index (χ0n) is 12.3. The van der Waals surface area contributed by atoms with Gasteiger partial charge < -0.3 is 4.90 Å². The van der Waals surface area contributed by atoms with Gasteiger partial charge in [-0.25, -0.2) is 0 Å². The summed E-state index contributed by atoms with van der Waals surface area (Å²) in [6.07, 6.45) is 0.915. The van der Waals surface area contributed by atoms with Crippen molar-refractivity contribution in [2.45, 2.75) is 31.1 Å². The van der Waals surface area contributed by atoms with Crippen LogP contribution in [0.5, 0.6) is 0 Å². The molecule has 1 saturated heterocycles. The molecular formula is C16H23BrN2O. The van der Waals surface area contributed by atoms with Gasteiger partial charge in [0.05, 0.1) is 10.9 Å². The van der Waals surface area contributed by atoms with E-state index in [1.54, 1.807) is 0 Å². The molecule has 2 rings (SSSR count). The van der Waals surface area contributed by atoms with Gasteiger partial charge in [-0.1, -0.05) is 60.1 Å². The number of nitrogens with zero attached hydrogens (tertiary/aromatic N) is 2. The van der Waals surface area contributed by atoms with Crippen molar-refractivity contribution in [3.05, 3.63) is 35.9 Å². The maximum atomic E-state index is 12.1. The Bertz CT molecular complexity index is 433. The highest BCUT2D eigenvalue weighted by atomic mass is 79.9. The number of likely N-dealkylation sites (tertiary alicyclic amines) is 1. The molecule has 3 nitrogen and oxygen atoms in total. The molecule has 110 valence electrons. The summed E-state index contributed by atoms with van der Waals surface area (Å²) in [5.74, 6) is 0.234. The summed E-state index contributed by atoms with van der Waals surface area (Å²) in [5.41, 5.74) is 1.29. The van der Waals surface area contributed by atoms with Gasteiger partial charge in [0.25, 0.3) is 0 Å². The maximum Gasteiger partial charge on any atom is 0.236 e. The molecule has 4 heteroatoms. The number of hydrogen-bond acceptors (Lipinski definition) is 2. The van der Waals surface area contributed by atoms with Crippen molar-refractivity contribution >= 4 is 21.8 Å². The highest BCUT2D eigenvalue weighted by Gasteiger charge is 2.32. The fourth-order valence-corrected chi connectivity index (χ4v) is 3.36. The van der Waals surface area contributed by atoms with E-state index in [9.17, 15) is 4.79 Å². The Labute approximate surface area is 130 Å². The van der Waals surface area contributed by atoms with Gasteiger partial charge in [-0.3, -0.25) is 9.69 Å². The van der Waals surface area contributed by atoms with Crippen molar-refractivity contribution in [1.82, 2.24) is 9.80 Å². The third-order valence-electron chi connectivity index (χ3n) is 4.06. The Morgan fingerprint density at radius 2 is 1.95 bits per heavy atom. The zero-order valence-corrected chi connectivity index (χ0v) is 13.8. The van der Waals surface area contributed by atoms with Crippen molar-refractivity contribution in [2.24, 2.45) is 0 Å². The molecule has 0 aliphatic carbocycles. The van der Waals surface area contributed by atoms with E-state index in [2.05, 4.69) is 58.9 Å². The minimum atomic E-state index is 0.00984. The molecular weight excluding hydrogens is 316 g/mol. The van der Waals surface area contributed by atoms with E-state index in [0.717, 1.165) is 32.6 Å². The van der Waals surface area contributed by atoms with E-state index < -0.39 is 0 Å². The van der Waals surface area contributed by atoms with Crippen LogP contribution in [0.15, 0.2) is 30.3 Å². The topological polar surface area (TPSA) is 23.6 Å². The van der Waals surface area contributed by atoms with Crippen LogP contribution in [0, 0.1) is 0 Å². The molecule has 1 amide bonds. The van der Waals surface area contributed by atoms with E-state index in [-0.39, 0.29) is 16.8 Å². The molecule has 1 fully saturated rings. The van der Waals surface area contributed by atoms with Crippen LogP contribution in [-0.4, -0.2) is 46.7 Å². The lowest BCUT2D eigenvalue weighted by Gasteiger charge is -2.33. The molecule has 0 saturated carbocycles. The van der Waals surface area contributed by atoms with Crippen LogP contribution in [0.4, 0.5) is 0 Å². The fraction of sp³-hybridized carbons (Fsp3) is 0.562. The van der Waals surface area contributed by atoms with Gasteiger partial charge in [0.2, 0.25) is 5.91 Å². The minimum absolute atomic E-state index is 0.00984. The van der Waals surface area contributed by atoms with Crippen molar-refractivity contribution in [3.8, 4) is 0 Å². The third-order valence-corrected chi connectivity index (χ3v) is 4.91. The van der Waals surface area contributed by atoms with Crippen LogP contribution < -0.4 is 0 Å². The number of carbonyl (C=O) groups is 1. The molecule has 1 aromatic rings. The largest absolute Gasteiger partial charge is 0.340 e. The van der Waals surface area contributed by atoms with E-state index >= 15 is 0 Å². The molecule has 0 radical (unpaired) electrons. The molecule has 20 heavy (non-hydrogen) atoms. The molecule has 0 aromatic heterocycles. The van der Waals surface area contributed by atoms with Gasteiger partial charge in [0.1, 0.15) is 0 Å². The van der Waals surface area contributed by atoms with Gasteiger partial charge in [-0.2, -0.15) is 0 Å². The van der Waals surface area contributed by atoms with Crippen LogP contribution in [0.1, 0.15) is 31.9 Å². The Hall–Kier alpha value is -0.870. The van der Waals surface area contributed by atoms with Gasteiger partial charge in [-0.05, 0) is 25.1 Å². The Kier molecular flexibility index (Phi) is 5.61. The lowest BCUT2D eigenvalue weighted by Crippen LogP contribution is -2.39. The second-order valence-electron chi connectivity index (χ2n) is 5.19. The van der Waals surface area contributed by atoms with Crippen molar-refractivity contribution in [2.75, 3.05) is 26.2 Å². The normalized spacial score (nSPS) is 20.7. The number of halogens is 1. The number of hydrogen-bond donors (Lipinski definition) is 0. The standard InChI is InChI=1S/C16H23BrN2O/c1-3-18(4-2)15(13-8-6-5-7-9-13)12-19-11-10-14(17)16(19)20/h5-9,14-15H,3-4,10-12H2,1-2H3. The number of alkyl halides is 1. The summed E-state index contributed by atoms with van der Waals surface area (Å²) in [4.78, 5) is 16.6. The molecule has 1 aromatic carbocycles. The highest BCUT2D eigenvalue weighted by Crippen LogP contribution is 2.26. The van der Waals surface area contributed by atoms with Crippen LogP contribution in [0.25, 0.3) is 0 Å². The maximum absolute atomic E-state index is 12.1. The first kappa shape index (κ1) is 15.5. The summed E-state index contributed by atoms with van der Waals surface area (Å²) in [6, 6.07) is 10.8. The second kappa shape index (κ2) is 7.23. The number of benzene rings is 1. The molecule has 1 aliphatic rings. The van der Waals surface area contributed by atoms with E-state index in [1.807, 2.05) is 11.0 Å². The van der Waals surface area contributed by atoms with Gasteiger partial charge in [0, 0.05) is 13.1 Å².